The van der Waals surface area contributed by atoms with Crippen molar-refractivity contribution in [1.82, 2.24) is 4.90 Å². The molecule has 0 N–H and O–H groups in total. The molecule has 0 aromatic heterocycles. The lowest BCUT2D eigenvalue weighted by Crippen LogP contribution is -2.46. The van der Waals surface area contributed by atoms with Gasteiger partial charge in [0, 0.05) is 12.6 Å². The Morgan fingerprint density at radius 2 is 1.89 bits per heavy atom. The van der Waals surface area contributed by atoms with Crippen LogP contribution in [0.1, 0.15) is 58.8 Å². The molecule has 1 aliphatic rings. The fraction of sp³-hybridized carbons (Fsp3) is 1.00. The Hall–Kier alpha value is -0.250. The maximum Gasteiger partial charge on any atom is 0.393 e. The fourth-order valence-corrected chi connectivity index (χ4v) is 2.89. The van der Waals surface area contributed by atoms with E-state index in [1.807, 2.05) is 0 Å². The fourth-order valence-electron chi connectivity index (χ4n) is 2.89. The lowest BCUT2D eigenvalue weighted by molar-refractivity contribution is -0.188. The molecule has 2 unspecified atom stereocenters. The smallest absolute Gasteiger partial charge is 0.300 e. The zero-order chi connectivity index (χ0) is 13.6. The Morgan fingerprint density at radius 3 is 2.44 bits per heavy atom. The summed E-state index contributed by atoms with van der Waals surface area (Å²) >= 11 is 0. The highest BCUT2D eigenvalue weighted by Crippen LogP contribution is 2.34. The normalized spacial score (nSPS) is 24.2. The lowest BCUT2D eigenvalue weighted by Gasteiger charge is -2.39. The standard InChI is InChI=1S/C14H26F3N/c1-3-5-9-13(7-4-2)18-10-6-8-12(11-18)14(15,16)17/h12-13H,3-11H2,1-2H3. The Morgan fingerprint density at radius 1 is 1.17 bits per heavy atom. The molecular formula is C14H26F3N. The minimum atomic E-state index is -4.01. The number of likely N-dealkylation sites (tertiary alicyclic amines) is 1. The molecule has 1 rings (SSSR count). The van der Waals surface area contributed by atoms with Gasteiger partial charge in [0.2, 0.25) is 0 Å². The first-order chi connectivity index (χ1) is 8.49. The zero-order valence-electron chi connectivity index (χ0n) is 11.6. The van der Waals surface area contributed by atoms with E-state index in [1.165, 1.54) is 0 Å². The van der Waals surface area contributed by atoms with Crippen LogP contribution < -0.4 is 0 Å². The van der Waals surface area contributed by atoms with E-state index >= 15 is 0 Å². The van der Waals surface area contributed by atoms with E-state index in [-0.39, 0.29) is 6.54 Å². The van der Waals surface area contributed by atoms with Crippen LogP contribution in [-0.4, -0.2) is 30.2 Å². The first-order valence-electron chi connectivity index (χ1n) is 7.29. The van der Waals surface area contributed by atoms with Crippen molar-refractivity contribution >= 4 is 0 Å². The average Bonchev–Trinajstić information content (AvgIpc) is 2.33. The van der Waals surface area contributed by atoms with Gasteiger partial charge < -0.3 is 0 Å². The summed E-state index contributed by atoms with van der Waals surface area (Å²) in [6.45, 7) is 5.32. The van der Waals surface area contributed by atoms with E-state index in [2.05, 4.69) is 18.7 Å². The van der Waals surface area contributed by atoms with Crippen LogP contribution in [-0.2, 0) is 0 Å². The Kier molecular flexibility index (Phi) is 6.47. The van der Waals surface area contributed by atoms with Gasteiger partial charge in [0.1, 0.15) is 0 Å². The van der Waals surface area contributed by atoms with E-state index in [4.69, 9.17) is 0 Å². The van der Waals surface area contributed by atoms with E-state index in [9.17, 15) is 13.2 Å². The van der Waals surface area contributed by atoms with Crippen molar-refractivity contribution in [2.75, 3.05) is 13.1 Å². The van der Waals surface area contributed by atoms with Crippen LogP contribution in [0.2, 0.25) is 0 Å². The van der Waals surface area contributed by atoms with Crippen LogP contribution >= 0.6 is 0 Å². The van der Waals surface area contributed by atoms with Gasteiger partial charge in [-0.05, 0) is 32.2 Å². The Bertz CT molecular complexity index is 228. The van der Waals surface area contributed by atoms with Crippen molar-refractivity contribution in [2.45, 2.75) is 71.0 Å². The van der Waals surface area contributed by atoms with Crippen LogP contribution in [0, 0.1) is 5.92 Å². The Labute approximate surface area is 109 Å². The van der Waals surface area contributed by atoms with Crippen LogP contribution in [0.15, 0.2) is 0 Å². The second-order valence-corrected chi connectivity index (χ2v) is 5.46. The molecule has 0 aromatic carbocycles. The summed E-state index contributed by atoms with van der Waals surface area (Å²) in [5.74, 6) is -1.10. The molecule has 1 saturated heterocycles. The molecular weight excluding hydrogens is 239 g/mol. The van der Waals surface area contributed by atoms with Gasteiger partial charge in [-0.1, -0.05) is 33.1 Å². The molecule has 0 aromatic rings. The SMILES string of the molecule is CCCCC(CCC)N1CCCC(C(F)(F)F)C1. The number of hydrogen-bond donors (Lipinski definition) is 0. The van der Waals surface area contributed by atoms with E-state index in [1.54, 1.807) is 0 Å². The predicted octanol–water partition coefficient (Wildman–Crippen LogP) is 4.62. The molecule has 108 valence electrons. The third-order valence-corrected chi connectivity index (χ3v) is 3.94. The topological polar surface area (TPSA) is 3.24 Å². The summed E-state index contributed by atoms with van der Waals surface area (Å²) < 4.78 is 38.4. The van der Waals surface area contributed by atoms with Crippen LogP contribution in [0.5, 0.6) is 0 Å². The molecule has 1 heterocycles. The van der Waals surface area contributed by atoms with Crippen molar-refractivity contribution in [3.8, 4) is 0 Å². The zero-order valence-corrected chi connectivity index (χ0v) is 11.6. The van der Waals surface area contributed by atoms with Gasteiger partial charge in [0.15, 0.2) is 0 Å². The van der Waals surface area contributed by atoms with Gasteiger partial charge >= 0.3 is 6.18 Å². The third kappa shape index (κ3) is 4.79. The van der Waals surface area contributed by atoms with Gasteiger partial charge in [0.05, 0.1) is 5.92 Å². The van der Waals surface area contributed by atoms with Gasteiger partial charge in [0.25, 0.3) is 0 Å². The Balaban J connectivity index is 2.55. The quantitative estimate of drug-likeness (QED) is 0.677. The summed E-state index contributed by atoms with van der Waals surface area (Å²) in [4.78, 5) is 2.10. The van der Waals surface area contributed by atoms with E-state index in [0.29, 0.717) is 18.9 Å². The first kappa shape index (κ1) is 15.8. The van der Waals surface area contributed by atoms with Gasteiger partial charge in [-0.15, -0.1) is 0 Å². The monoisotopic (exact) mass is 265 g/mol. The molecule has 0 amide bonds. The van der Waals surface area contributed by atoms with Crippen molar-refractivity contribution in [1.29, 1.82) is 0 Å². The molecule has 0 radical (unpaired) electrons. The summed E-state index contributed by atoms with van der Waals surface area (Å²) in [7, 11) is 0. The van der Waals surface area contributed by atoms with Crippen molar-refractivity contribution < 1.29 is 13.2 Å². The molecule has 0 spiro atoms. The molecule has 0 aliphatic carbocycles. The van der Waals surface area contributed by atoms with Crippen molar-refractivity contribution in [3.63, 3.8) is 0 Å². The molecule has 1 nitrogen and oxygen atoms in total. The second kappa shape index (κ2) is 7.37. The van der Waals surface area contributed by atoms with Crippen molar-refractivity contribution in [2.24, 2.45) is 5.92 Å². The largest absolute Gasteiger partial charge is 0.393 e. The first-order valence-corrected chi connectivity index (χ1v) is 7.29. The number of rotatable bonds is 6. The van der Waals surface area contributed by atoms with Crippen molar-refractivity contribution in [3.05, 3.63) is 0 Å². The van der Waals surface area contributed by atoms with E-state index in [0.717, 1.165) is 38.6 Å². The highest BCUT2D eigenvalue weighted by Gasteiger charge is 2.42. The number of halogens is 3. The van der Waals surface area contributed by atoms with Gasteiger partial charge in [-0.3, -0.25) is 4.90 Å². The third-order valence-electron chi connectivity index (χ3n) is 3.94. The predicted molar refractivity (Wildman–Crippen MR) is 68.6 cm³/mol. The summed E-state index contributed by atoms with van der Waals surface area (Å²) in [6, 6.07) is 0.361. The van der Waals surface area contributed by atoms with Gasteiger partial charge in [-0.2, -0.15) is 13.2 Å². The summed E-state index contributed by atoms with van der Waals surface area (Å²) in [5.41, 5.74) is 0. The minimum Gasteiger partial charge on any atom is -0.300 e. The molecule has 18 heavy (non-hydrogen) atoms. The molecule has 1 fully saturated rings. The highest BCUT2D eigenvalue weighted by molar-refractivity contribution is 4.82. The number of alkyl halides is 3. The summed E-state index contributed by atoms with van der Waals surface area (Å²) in [6.07, 6.45) is 2.37. The average molecular weight is 265 g/mol. The van der Waals surface area contributed by atoms with Gasteiger partial charge in [-0.25, -0.2) is 0 Å². The van der Waals surface area contributed by atoms with Crippen LogP contribution in [0.4, 0.5) is 13.2 Å². The maximum atomic E-state index is 12.8. The maximum absolute atomic E-state index is 12.8. The van der Waals surface area contributed by atoms with Crippen LogP contribution in [0.3, 0.4) is 0 Å². The molecule has 0 saturated carbocycles. The summed E-state index contributed by atoms with van der Waals surface area (Å²) in [5, 5.41) is 0. The molecule has 1 aliphatic heterocycles. The van der Waals surface area contributed by atoms with E-state index < -0.39 is 12.1 Å². The van der Waals surface area contributed by atoms with Crippen LogP contribution in [0.25, 0.3) is 0 Å². The lowest BCUT2D eigenvalue weighted by atomic mass is 9.93. The number of unbranched alkanes of at least 4 members (excludes halogenated alkanes) is 1. The number of piperidine rings is 1. The highest BCUT2D eigenvalue weighted by atomic mass is 19.4. The second-order valence-electron chi connectivity index (χ2n) is 5.46. The molecule has 0 bridgehead atoms. The molecule has 2 atom stereocenters. The molecule has 4 heteroatoms. The minimum absolute atomic E-state index is 0.220. The number of nitrogens with zero attached hydrogens (tertiary/aromatic N) is 1. The number of hydrogen-bond acceptors (Lipinski definition) is 1.